The second kappa shape index (κ2) is 5.59. The highest BCUT2D eigenvalue weighted by atomic mass is 35.7. The number of halogens is 3. The highest BCUT2D eigenvalue weighted by molar-refractivity contribution is 8.13. The van der Waals surface area contributed by atoms with Crippen LogP contribution in [-0.4, -0.2) is 8.42 Å². The number of rotatable bonds is 3. The third kappa shape index (κ3) is 3.76. The van der Waals surface area contributed by atoms with E-state index in [1.54, 1.807) is 24.3 Å². The summed E-state index contributed by atoms with van der Waals surface area (Å²) in [6, 6.07) is 10.7. The Hall–Kier alpha value is -0.940. The largest absolute Gasteiger partial charge is 0.456 e. The second-order valence-corrected chi connectivity index (χ2v) is 7.00. The molecule has 2 rings (SSSR count). The van der Waals surface area contributed by atoms with Gasteiger partial charge >= 0.3 is 0 Å². The van der Waals surface area contributed by atoms with Gasteiger partial charge in [0.15, 0.2) is 0 Å². The number of hydrogen-bond donors (Lipinski definition) is 0. The molecule has 0 saturated carbocycles. The Balaban J connectivity index is 2.29. The molecule has 0 aliphatic carbocycles. The van der Waals surface area contributed by atoms with E-state index < -0.39 is 9.05 Å². The van der Waals surface area contributed by atoms with E-state index in [0.717, 1.165) is 0 Å². The predicted molar refractivity (Wildman–Crippen MR) is 76.0 cm³/mol. The van der Waals surface area contributed by atoms with Crippen LogP contribution in [0.1, 0.15) is 0 Å². The lowest BCUT2D eigenvalue weighted by atomic mass is 10.3. The van der Waals surface area contributed by atoms with Crippen molar-refractivity contribution in [1.29, 1.82) is 0 Å². The standard InChI is InChI=1S/C12H7Cl3O3S/c13-8-1-3-9(4-2-8)18-12-6-5-10(7-11(12)14)19(15,16)17/h1-7H. The average Bonchev–Trinajstić information content (AvgIpc) is 2.33. The van der Waals surface area contributed by atoms with E-state index in [0.29, 0.717) is 16.5 Å². The summed E-state index contributed by atoms with van der Waals surface area (Å²) in [7, 11) is 1.41. The van der Waals surface area contributed by atoms with E-state index >= 15 is 0 Å². The summed E-state index contributed by atoms with van der Waals surface area (Å²) in [5, 5.41) is 0.735. The van der Waals surface area contributed by atoms with Gasteiger partial charge in [-0.15, -0.1) is 0 Å². The maximum absolute atomic E-state index is 11.1. The summed E-state index contributed by atoms with van der Waals surface area (Å²) in [6.45, 7) is 0. The highest BCUT2D eigenvalue weighted by Crippen LogP contribution is 2.32. The first-order valence-corrected chi connectivity index (χ1v) is 8.10. The van der Waals surface area contributed by atoms with Gasteiger partial charge in [0, 0.05) is 15.7 Å². The van der Waals surface area contributed by atoms with Crippen LogP contribution in [0.25, 0.3) is 0 Å². The van der Waals surface area contributed by atoms with Gasteiger partial charge in [0.1, 0.15) is 11.5 Å². The fourth-order valence-electron chi connectivity index (χ4n) is 1.35. The molecule has 2 aromatic rings. The smallest absolute Gasteiger partial charge is 0.261 e. The number of ether oxygens (including phenoxy) is 1. The van der Waals surface area contributed by atoms with Crippen LogP contribution in [0.2, 0.25) is 10.0 Å². The molecule has 0 bridgehead atoms. The Morgan fingerprint density at radius 3 is 2.11 bits per heavy atom. The molecule has 0 aromatic heterocycles. The first kappa shape index (κ1) is 14.5. The molecule has 0 spiro atoms. The van der Waals surface area contributed by atoms with Crippen molar-refractivity contribution in [2.75, 3.05) is 0 Å². The van der Waals surface area contributed by atoms with Crippen LogP contribution >= 0.6 is 33.9 Å². The van der Waals surface area contributed by atoms with Crippen molar-refractivity contribution in [2.24, 2.45) is 0 Å². The number of hydrogen-bond acceptors (Lipinski definition) is 3. The minimum atomic E-state index is -3.81. The van der Waals surface area contributed by atoms with Crippen LogP contribution in [0.3, 0.4) is 0 Å². The van der Waals surface area contributed by atoms with E-state index in [9.17, 15) is 8.42 Å². The lowest BCUT2D eigenvalue weighted by Crippen LogP contribution is -1.92. The van der Waals surface area contributed by atoms with Crippen molar-refractivity contribution < 1.29 is 13.2 Å². The SMILES string of the molecule is O=S(=O)(Cl)c1ccc(Oc2ccc(Cl)cc2)c(Cl)c1. The minimum absolute atomic E-state index is 0.0809. The molecule has 0 fully saturated rings. The van der Waals surface area contributed by atoms with Gasteiger partial charge in [0.25, 0.3) is 9.05 Å². The summed E-state index contributed by atoms with van der Waals surface area (Å²) in [6.07, 6.45) is 0. The van der Waals surface area contributed by atoms with Crippen molar-refractivity contribution in [3.63, 3.8) is 0 Å². The van der Waals surface area contributed by atoms with E-state index in [4.69, 9.17) is 38.6 Å². The molecule has 0 aliphatic heterocycles. The van der Waals surface area contributed by atoms with E-state index in [2.05, 4.69) is 0 Å². The zero-order chi connectivity index (χ0) is 14.0. The van der Waals surface area contributed by atoms with Crippen molar-refractivity contribution in [2.45, 2.75) is 4.90 Å². The zero-order valence-corrected chi connectivity index (χ0v) is 12.4. The van der Waals surface area contributed by atoms with E-state index in [1.165, 1.54) is 18.2 Å². The van der Waals surface area contributed by atoms with Crippen LogP contribution in [-0.2, 0) is 9.05 Å². The molecule has 0 unspecified atom stereocenters. The van der Waals surface area contributed by atoms with Gasteiger partial charge in [-0.3, -0.25) is 0 Å². The van der Waals surface area contributed by atoms with Crippen molar-refractivity contribution in [1.82, 2.24) is 0 Å². The van der Waals surface area contributed by atoms with Gasteiger partial charge in [-0.05, 0) is 42.5 Å². The van der Waals surface area contributed by atoms with Crippen molar-refractivity contribution in [3.05, 3.63) is 52.5 Å². The summed E-state index contributed by atoms with van der Waals surface area (Å²) in [4.78, 5) is -0.0809. The van der Waals surface area contributed by atoms with Gasteiger partial charge in [0.2, 0.25) is 0 Å². The summed E-state index contributed by atoms with van der Waals surface area (Å²) in [5.74, 6) is 0.862. The molecule has 100 valence electrons. The molecule has 0 N–H and O–H groups in total. The Morgan fingerprint density at radius 2 is 1.58 bits per heavy atom. The zero-order valence-electron chi connectivity index (χ0n) is 9.31. The second-order valence-electron chi connectivity index (χ2n) is 3.59. The molecule has 0 heterocycles. The molecule has 0 saturated heterocycles. The van der Waals surface area contributed by atoms with Gasteiger partial charge < -0.3 is 4.74 Å². The molecule has 7 heteroatoms. The fraction of sp³-hybridized carbons (Fsp3) is 0. The van der Waals surface area contributed by atoms with Crippen LogP contribution < -0.4 is 4.74 Å². The molecular weight excluding hydrogens is 331 g/mol. The van der Waals surface area contributed by atoms with Gasteiger partial charge in [0.05, 0.1) is 9.92 Å². The Kier molecular flexibility index (Phi) is 4.26. The molecular formula is C12H7Cl3O3S. The lowest BCUT2D eigenvalue weighted by Gasteiger charge is -2.08. The van der Waals surface area contributed by atoms with Crippen molar-refractivity contribution >= 4 is 42.9 Å². The Morgan fingerprint density at radius 1 is 0.947 bits per heavy atom. The molecule has 0 aliphatic rings. The van der Waals surface area contributed by atoms with E-state index in [-0.39, 0.29) is 9.92 Å². The summed E-state index contributed by atoms with van der Waals surface area (Å²) in [5.41, 5.74) is 0. The fourth-order valence-corrected chi connectivity index (χ4v) is 2.53. The minimum Gasteiger partial charge on any atom is -0.456 e. The maximum Gasteiger partial charge on any atom is 0.261 e. The van der Waals surface area contributed by atoms with Gasteiger partial charge in [-0.25, -0.2) is 8.42 Å². The molecule has 2 aromatic carbocycles. The highest BCUT2D eigenvalue weighted by Gasteiger charge is 2.13. The summed E-state index contributed by atoms with van der Waals surface area (Å²) < 4.78 is 27.8. The molecule has 3 nitrogen and oxygen atoms in total. The molecule has 0 radical (unpaired) electrons. The average molecular weight is 338 g/mol. The van der Waals surface area contributed by atoms with E-state index in [1.807, 2.05) is 0 Å². The van der Waals surface area contributed by atoms with Gasteiger partial charge in [-0.1, -0.05) is 23.2 Å². The number of benzene rings is 2. The van der Waals surface area contributed by atoms with Crippen LogP contribution in [0.4, 0.5) is 0 Å². The first-order valence-electron chi connectivity index (χ1n) is 5.04. The molecule has 0 amide bonds. The van der Waals surface area contributed by atoms with Crippen LogP contribution in [0, 0.1) is 0 Å². The van der Waals surface area contributed by atoms with Crippen LogP contribution in [0.15, 0.2) is 47.4 Å². The third-order valence-electron chi connectivity index (χ3n) is 2.23. The van der Waals surface area contributed by atoms with Gasteiger partial charge in [-0.2, -0.15) is 0 Å². The first-order chi connectivity index (χ1) is 8.86. The molecule has 0 atom stereocenters. The molecule has 19 heavy (non-hydrogen) atoms. The normalized spacial score (nSPS) is 11.3. The quantitative estimate of drug-likeness (QED) is 0.762. The third-order valence-corrected chi connectivity index (χ3v) is 4.13. The Labute approximate surface area is 125 Å². The monoisotopic (exact) mass is 336 g/mol. The topological polar surface area (TPSA) is 43.4 Å². The summed E-state index contributed by atoms with van der Waals surface area (Å²) >= 11 is 11.7. The van der Waals surface area contributed by atoms with Crippen molar-refractivity contribution in [3.8, 4) is 11.5 Å². The lowest BCUT2D eigenvalue weighted by molar-refractivity contribution is 0.482. The predicted octanol–water partition coefficient (Wildman–Crippen LogP) is 4.71. The maximum atomic E-state index is 11.1. The van der Waals surface area contributed by atoms with Crippen LogP contribution in [0.5, 0.6) is 11.5 Å². The Bertz CT molecular complexity index is 697.